The third kappa shape index (κ3) is 2.60. The Morgan fingerprint density at radius 1 is 1.44 bits per heavy atom. The van der Waals surface area contributed by atoms with E-state index >= 15 is 0 Å². The predicted molar refractivity (Wildman–Crippen MR) is 75.8 cm³/mol. The Morgan fingerprint density at radius 2 is 2.39 bits per heavy atom. The Hall–Kier alpha value is -0.850. The zero-order chi connectivity index (χ0) is 12.4. The van der Waals surface area contributed by atoms with E-state index in [1.54, 1.807) is 11.3 Å². The smallest absolute Gasteiger partial charge is 0.0794 e. The van der Waals surface area contributed by atoms with Crippen LogP contribution in [0.15, 0.2) is 24.1 Å². The van der Waals surface area contributed by atoms with Crippen molar-refractivity contribution in [2.45, 2.75) is 12.6 Å². The number of hydrogen-bond donors (Lipinski definition) is 0. The number of thioether (sulfide) groups is 1. The van der Waals surface area contributed by atoms with Crippen LogP contribution < -0.4 is 0 Å². The molecule has 0 spiro atoms. The molecule has 6 heteroatoms. The van der Waals surface area contributed by atoms with Crippen molar-refractivity contribution in [2.75, 3.05) is 18.1 Å². The quantitative estimate of drug-likeness (QED) is 0.863. The first-order valence-corrected chi connectivity index (χ1v) is 8.04. The summed E-state index contributed by atoms with van der Waals surface area (Å²) in [6, 6.07) is 0.486. The molecule has 0 bridgehead atoms. The molecule has 0 aliphatic carbocycles. The minimum Gasteiger partial charge on any atom is -0.289 e. The molecule has 2 aromatic rings. The highest BCUT2D eigenvalue weighted by Gasteiger charge is 2.25. The second-order valence-electron chi connectivity index (χ2n) is 4.48. The van der Waals surface area contributed by atoms with Gasteiger partial charge in [0, 0.05) is 60.5 Å². The summed E-state index contributed by atoms with van der Waals surface area (Å²) in [4.78, 5) is 8.05. The Kier molecular flexibility index (Phi) is 3.67. The molecule has 3 heterocycles. The number of thiazole rings is 1. The van der Waals surface area contributed by atoms with E-state index in [4.69, 9.17) is 0 Å². The van der Waals surface area contributed by atoms with Gasteiger partial charge in [0.25, 0.3) is 0 Å². The lowest BCUT2D eigenvalue weighted by Crippen LogP contribution is -2.35. The maximum atomic E-state index is 4.29. The van der Waals surface area contributed by atoms with E-state index in [9.17, 15) is 0 Å². The molecule has 0 amide bonds. The van der Waals surface area contributed by atoms with Crippen LogP contribution in [0.25, 0.3) is 0 Å². The van der Waals surface area contributed by atoms with Crippen LogP contribution in [0, 0.1) is 0 Å². The maximum Gasteiger partial charge on any atom is 0.0794 e. The molecule has 1 aliphatic rings. The van der Waals surface area contributed by atoms with Crippen LogP contribution in [0.3, 0.4) is 0 Å². The second-order valence-corrected chi connectivity index (χ2v) is 6.60. The number of hydrogen-bond acceptors (Lipinski definition) is 5. The van der Waals surface area contributed by atoms with Gasteiger partial charge < -0.3 is 0 Å². The van der Waals surface area contributed by atoms with Crippen molar-refractivity contribution in [3.63, 3.8) is 0 Å². The summed E-state index contributed by atoms with van der Waals surface area (Å²) in [6.07, 6.45) is 6.11. The van der Waals surface area contributed by atoms with Gasteiger partial charge in [0.2, 0.25) is 0 Å². The molecular formula is C12H16N4S2. The first kappa shape index (κ1) is 12.2. The van der Waals surface area contributed by atoms with Gasteiger partial charge in [0.05, 0.1) is 11.7 Å². The van der Waals surface area contributed by atoms with E-state index < -0.39 is 0 Å². The van der Waals surface area contributed by atoms with Crippen molar-refractivity contribution >= 4 is 23.1 Å². The van der Waals surface area contributed by atoms with Crippen molar-refractivity contribution in [3.05, 3.63) is 34.5 Å². The summed E-state index contributed by atoms with van der Waals surface area (Å²) < 4.78 is 1.89. The topological polar surface area (TPSA) is 34.0 Å². The molecule has 1 atom stereocenters. The fourth-order valence-corrected chi connectivity index (χ4v) is 4.04. The Balaban J connectivity index is 1.77. The van der Waals surface area contributed by atoms with Gasteiger partial charge in [-0.05, 0) is 0 Å². The average Bonchev–Trinajstić information content (AvgIpc) is 3.02. The summed E-state index contributed by atoms with van der Waals surface area (Å²) >= 11 is 3.77. The highest BCUT2D eigenvalue weighted by atomic mass is 32.2. The van der Waals surface area contributed by atoms with Crippen molar-refractivity contribution in [3.8, 4) is 0 Å². The van der Waals surface area contributed by atoms with E-state index in [0.717, 1.165) is 18.8 Å². The fraction of sp³-hybridized carbons (Fsp3) is 0.500. The van der Waals surface area contributed by atoms with Crippen LogP contribution in [0.4, 0.5) is 0 Å². The third-order valence-corrected chi connectivity index (χ3v) is 4.98. The number of rotatable bonds is 3. The van der Waals surface area contributed by atoms with Crippen LogP contribution in [0.2, 0.25) is 0 Å². The zero-order valence-corrected chi connectivity index (χ0v) is 12.0. The largest absolute Gasteiger partial charge is 0.289 e. The average molecular weight is 280 g/mol. The van der Waals surface area contributed by atoms with E-state index in [-0.39, 0.29) is 0 Å². The minimum atomic E-state index is 0.486. The summed E-state index contributed by atoms with van der Waals surface area (Å²) in [5.74, 6) is 2.38. The number of nitrogens with zero attached hydrogens (tertiary/aromatic N) is 4. The molecule has 0 aromatic carbocycles. The van der Waals surface area contributed by atoms with E-state index in [1.165, 1.54) is 16.2 Å². The molecule has 1 aliphatic heterocycles. The first-order chi connectivity index (χ1) is 8.83. The van der Waals surface area contributed by atoms with E-state index in [1.807, 2.05) is 41.4 Å². The molecule has 1 fully saturated rings. The molecule has 18 heavy (non-hydrogen) atoms. The van der Waals surface area contributed by atoms with Gasteiger partial charge in [0.15, 0.2) is 0 Å². The summed E-state index contributed by atoms with van der Waals surface area (Å²) in [5, 5.41) is 4.29. The highest BCUT2D eigenvalue weighted by Crippen LogP contribution is 2.30. The van der Waals surface area contributed by atoms with Crippen molar-refractivity contribution in [1.82, 2.24) is 19.7 Å². The summed E-state index contributed by atoms with van der Waals surface area (Å²) in [7, 11) is 1.98. The lowest BCUT2D eigenvalue weighted by Gasteiger charge is -2.34. The van der Waals surface area contributed by atoms with Gasteiger partial charge in [-0.2, -0.15) is 16.9 Å². The van der Waals surface area contributed by atoms with Gasteiger partial charge in [-0.3, -0.25) is 14.6 Å². The van der Waals surface area contributed by atoms with Gasteiger partial charge in [-0.1, -0.05) is 0 Å². The predicted octanol–water partition coefficient (Wildman–Crippen LogP) is 2.17. The maximum absolute atomic E-state index is 4.29. The van der Waals surface area contributed by atoms with Crippen LogP contribution in [-0.4, -0.2) is 37.7 Å². The molecule has 1 saturated heterocycles. The van der Waals surface area contributed by atoms with Gasteiger partial charge in [-0.15, -0.1) is 11.3 Å². The molecule has 2 aromatic heterocycles. The first-order valence-electron chi connectivity index (χ1n) is 6.00. The molecule has 0 N–H and O–H groups in total. The van der Waals surface area contributed by atoms with Crippen molar-refractivity contribution in [2.24, 2.45) is 7.05 Å². The molecule has 3 rings (SSSR count). The van der Waals surface area contributed by atoms with Crippen molar-refractivity contribution < 1.29 is 0 Å². The van der Waals surface area contributed by atoms with Gasteiger partial charge in [-0.25, -0.2) is 0 Å². The summed E-state index contributed by atoms with van der Waals surface area (Å²) in [6.45, 7) is 2.15. The second kappa shape index (κ2) is 5.42. The van der Waals surface area contributed by atoms with Crippen LogP contribution in [0.1, 0.15) is 16.5 Å². The standard InChI is InChI=1S/C12H16N4S2/c1-15-6-10(4-14-15)12-8-17-3-2-16(12)7-11-5-13-9-18-11/h4-6,9,12H,2-3,7-8H2,1H3/t12-/m1/s1. The van der Waals surface area contributed by atoms with Gasteiger partial charge in [0.1, 0.15) is 0 Å². The summed E-state index contributed by atoms with van der Waals surface area (Å²) in [5.41, 5.74) is 3.24. The lowest BCUT2D eigenvalue weighted by atomic mass is 10.1. The van der Waals surface area contributed by atoms with Crippen LogP contribution >= 0.6 is 23.1 Å². The SMILES string of the molecule is Cn1cc([C@H]2CSCCN2Cc2cncs2)cn1. The molecule has 4 nitrogen and oxygen atoms in total. The van der Waals surface area contributed by atoms with E-state index in [2.05, 4.69) is 21.2 Å². The Morgan fingerprint density at radius 3 is 3.11 bits per heavy atom. The lowest BCUT2D eigenvalue weighted by molar-refractivity contribution is 0.214. The minimum absolute atomic E-state index is 0.486. The van der Waals surface area contributed by atoms with Crippen LogP contribution in [-0.2, 0) is 13.6 Å². The van der Waals surface area contributed by atoms with Crippen molar-refractivity contribution in [1.29, 1.82) is 0 Å². The Labute approximate surface area is 115 Å². The molecule has 0 unspecified atom stereocenters. The number of aryl methyl sites for hydroxylation is 1. The number of aromatic nitrogens is 3. The molecule has 96 valence electrons. The van der Waals surface area contributed by atoms with E-state index in [0.29, 0.717) is 6.04 Å². The molecule has 0 radical (unpaired) electrons. The molecule has 0 saturated carbocycles. The Bertz CT molecular complexity index is 494. The monoisotopic (exact) mass is 280 g/mol. The highest BCUT2D eigenvalue weighted by molar-refractivity contribution is 7.99. The van der Waals surface area contributed by atoms with Crippen LogP contribution in [0.5, 0.6) is 0 Å². The fourth-order valence-electron chi connectivity index (χ4n) is 2.27. The normalized spacial score (nSPS) is 21.3. The third-order valence-electron chi connectivity index (χ3n) is 3.19. The molecular weight excluding hydrogens is 264 g/mol. The van der Waals surface area contributed by atoms with Gasteiger partial charge >= 0.3 is 0 Å². The zero-order valence-electron chi connectivity index (χ0n) is 10.3.